The van der Waals surface area contributed by atoms with Crippen LogP contribution in [-0.4, -0.2) is 28.3 Å². The molecule has 0 atom stereocenters. The maximum atomic E-state index is 13.4. The Morgan fingerprint density at radius 3 is 2.49 bits per heavy atom. The average Bonchev–Trinajstić information content (AvgIpc) is 3.52. The molecule has 0 spiro atoms. The van der Waals surface area contributed by atoms with E-state index in [-0.39, 0.29) is 12.1 Å². The molecular weight excluding hydrogens is 485 g/mol. The first-order valence-electron chi connectivity index (χ1n) is 10.5. The monoisotopic (exact) mass is 503 g/mol. The van der Waals surface area contributed by atoms with Crippen molar-refractivity contribution < 1.29 is 14.0 Å². The van der Waals surface area contributed by atoms with E-state index in [2.05, 4.69) is 15.3 Å². The van der Waals surface area contributed by atoms with E-state index in [1.165, 1.54) is 51.8 Å². The molecule has 5 aromatic rings. The van der Waals surface area contributed by atoms with E-state index in [1.54, 1.807) is 23.7 Å². The molecule has 0 saturated carbocycles. The Kier molecular flexibility index (Phi) is 6.21. The van der Waals surface area contributed by atoms with Gasteiger partial charge in [0, 0.05) is 22.2 Å². The minimum atomic E-state index is -0.448. The summed E-state index contributed by atoms with van der Waals surface area (Å²) in [7, 11) is 0. The number of nitrogens with one attached hydrogen (secondary N) is 1. The third-order valence-corrected chi connectivity index (χ3v) is 6.72. The van der Waals surface area contributed by atoms with Crippen LogP contribution in [0.1, 0.15) is 10.4 Å². The average molecular weight is 504 g/mol. The summed E-state index contributed by atoms with van der Waals surface area (Å²) >= 11 is 2.80. The number of carbonyl (C=O) groups is 2. The van der Waals surface area contributed by atoms with Crippen LogP contribution in [0.3, 0.4) is 0 Å². The summed E-state index contributed by atoms with van der Waals surface area (Å²) in [5, 5.41) is 5.18. The zero-order valence-electron chi connectivity index (χ0n) is 18.1. The predicted molar refractivity (Wildman–Crippen MR) is 138 cm³/mol. The number of anilines is 3. The second kappa shape index (κ2) is 9.61. The number of fused-ring (bicyclic) bond motifs is 1. The summed E-state index contributed by atoms with van der Waals surface area (Å²) in [5.41, 5.74) is 11.0. The molecule has 0 aliphatic heterocycles. The summed E-state index contributed by atoms with van der Waals surface area (Å²) in [6.07, 6.45) is 0. The standard InChI is InChI=1S/C25H18FN5O2S2/c26-17-8-4-16(5-9-17)24(33)31(20-2-1-3-21-23(20)28-14-35-21)12-22(32)29-18-10-6-15(7-11-18)19-13-34-25(27)30-19/h1-11,13-14H,12H2,(H2,27,30)(H,29,32). The second-order valence-corrected chi connectivity index (χ2v) is 9.35. The molecule has 7 nitrogen and oxygen atoms in total. The first-order chi connectivity index (χ1) is 17.0. The lowest BCUT2D eigenvalue weighted by Gasteiger charge is -2.23. The van der Waals surface area contributed by atoms with Crippen LogP contribution >= 0.6 is 22.7 Å². The highest BCUT2D eigenvalue weighted by Crippen LogP contribution is 2.30. The zero-order chi connectivity index (χ0) is 24.4. The highest BCUT2D eigenvalue weighted by Gasteiger charge is 2.23. The molecule has 0 bridgehead atoms. The molecule has 2 amide bonds. The SMILES string of the molecule is Nc1nc(-c2ccc(NC(=O)CN(C(=O)c3ccc(F)cc3)c3cccc4scnc34)cc2)cs1. The number of thiazole rings is 2. The Morgan fingerprint density at radius 2 is 1.77 bits per heavy atom. The van der Waals surface area contributed by atoms with Crippen molar-refractivity contribution in [2.24, 2.45) is 0 Å². The highest BCUT2D eigenvalue weighted by atomic mass is 32.1. The van der Waals surface area contributed by atoms with Gasteiger partial charge in [-0.15, -0.1) is 22.7 Å². The summed E-state index contributed by atoms with van der Waals surface area (Å²) in [6, 6.07) is 17.9. The predicted octanol–water partition coefficient (Wildman–Crippen LogP) is 5.43. The van der Waals surface area contributed by atoms with Gasteiger partial charge in [0.2, 0.25) is 5.91 Å². The van der Waals surface area contributed by atoms with Gasteiger partial charge < -0.3 is 11.1 Å². The van der Waals surface area contributed by atoms with Gasteiger partial charge in [-0.1, -0.05) is 18.2 Å². The Labute approximate surface area is 207 Å². The third kappa shape index (κ3) is 4.88. The number of amides is 2. The van der Waals surface area contributed by atoms with Gasteiger partial charge in [-0.2, -0.15) is 0 Å². The van der Waals surface area contributed by atoms with E-state index in [0.29, 0.717) is 22.0 Å². The first kappa shape index (κ1) is 22.6. The lowest BCUT2D eigenvalue weighted by molar-refractivity contribution is -0.114. The van der Waals surface area contributed by atoms with Crippen molar-refractivity contribution in [3.63, 3.8) is 0 Å². The summed E-state index contributed by atoms with van der Waals surface area (Å²) < 4.78 is 14.3. The van der Waals surface area contributed by atoms with Crippen LogP contribution in [0.5, 0.6) is 0 Å². The minimum Gasteiger partial charge on any atom is -0.375 e. The van der Waals surface area contributed by atoms with Gasteiger partial charge in [0.1, 0.15) is 17.9 Å². The van der Waals surface area contributed by atoms with E-state index in [9.17, 15) is 14.0 Å². The summed E-state index contributed by atoms with van der Waals surface area (Å²) in [5.74, 6) is -1.27. The maximum absolute atomic E-state index is 13.4. The van der Waals surface area contributed by atoms with E-state index in [1.807, 2.05) is 29.6 Å². The molecular formula is C25H18FN5O2S2. The minimum absolute atomic E-state index is 0.253. The van der Waals surface area contributed by atoms with Crippen LogP contribution < -0.4 is 16.0 Å². The quantitative estimate of drug-likeness (QED) is 0.322. The van der Waals surface area contributed by atoms with Crippen molar-refractivity contribution in [2.45, 2.75) is 0 Å². The summed E-state index contributed by atoms with van der Waals surface area (Å²) in [6.45, 7) is -0.253. The fourth-order valence-corrected chi connectivity index (χ4v) is 4.86. The van der Waals surface area contributed by atoms with Gasteiger partial charge in [0.25, 0.3) is 5.91 Å². The Balaban J connectivity index is 1.40. The zero-order valence-corrected chi connectivity index (χ0v) is 19.8. The third-order valence-electron chi connectivity index (χ3n) is 5.25. The largest absolute Gasteiger partial charge is 0.375 e. The van der Waals surface area contributed by atoms with Crippen LogP contribution in [0, 0.1) is 5.82 Å². The Hall–Kier alpha value is -4.15. The smallest absolute Gasteiger partial charge is 0.258 e. The lowest BCUT2D eigenvalue weighted by atomic mass is 10.1. The molecule has 2 heterocycles. The van der Waals surface area contributed by atoms with Gasteiger partial charge in [0.15, 0.2) is 5.13 Å². The molecule has 3 N–H and O–H groups in total. The van der Waals surface area contributed by atoms with Gasteiger partial charge in [-0.3, -0.25) is 14.5 Å². The van der Waals surface area contributed by atoms with Gasteiger partial charge in [0.05, 0.1) is 21.6 Å². The second-order valence-electron chi connectivity index (χ2n) is 7.57. The van der Waals surface area contributed by atoms with Crippen LogP contribution in [0.4, 0.5) is 20.9 Å². The molecule has 0 unspecified atom stereocenters. The molecule has 5 rings (SSSR count). The molecule has 174 valence electrons. The molecule has 0 saturated heterocycles. The Morgan fingerprint density at radius 1 is 1.00 bits per heavy atom. The number of nitrogens with zero attached hydrogens (tertiary/aromatic N) is 3. The van der Waals surface area contributed by atoms with Crippen molar-refractivity contribution in [1.82, 2.24) is 9.97 Å². The van der Waals surface area contributed by atoms with E-state index in [4.69, 9.17) is 5.73 Å². The number of nitrogens with two attached hydrogens (primary N) is 1. The number of nitrogen functional groups attached to an aromatic ring is 1. The molecule has 0 aliphatic rings. The maximum Gasteiger partial charge on any atom is 0.258 e. The number of hydrogen-bond donors (Lipinski definition) is 2. The van der Waals surface area contributed by atoms with Crippen molar-refractivity contribution in [3.8, 4) is 11.3 Å². The van der Waals surface area contributed by atoms with Crippen LogP contribution in [-0.2, 0) is 4.79 Å². The van der Waals surface area contributed by atoms with Crippen molar-refractivity contribution in [2.75, 3.05) is 22.5 Å². The van der Waals surface area contributed by atoms with Crippen molar-refractivity contribution in [1.29, 1.82) is 0 Å². The molecule has 10 heteroatoms. The fourth-order valence-electron chi connectivity index (χ4n) is 3.59. The topological polar surface area (TPSA) is 101 Å². The van der Waals surface area contributed by atoms with Gasteiger partial charge in [-0.25, -0.2) is 14.4 Å². The number of carbonyl (C=O) groups excluding carboxylic acids is 2. The van der Waals surface area contributed by atoms with Gasteiger partial charge >= 0.3 is 0 Å². The molecule has 35 heavy (non-hydrogen) atoms. The van der Waals surface area contributed by atoms with E-state index >= 15 is 0 Å². The molecule has 0 aliphatic carbocycles. The molecule has 0 radical (unpaired) electrons. The fraction of sp³-hybridized carbons (Fsp3) is 0.0400. The molecule has 0 fully saturated rings. The Bertz CT molecular complexity index is 1510. The van der Waals surface area contributed by atoms with E-state index < -0.39 is 17.6 Å². The van der Waals surface area contributed by atoms with E-state index in [0.717, 1.165) is 16.0 Å². The molecule has 2 aromatic heterocycles. The number of halogens is 1. The van der Waals surface area contributed by atoms with Crippen molar-refractivity contribution in [3.05, 3.63) is 89.0 Å². The van der Waals surface area contributed by atoms with Gasteiger partial charge in [-0.05, 0) is 48.5 Å². The van der Waals surface area contributed by atoms with Crippen LogP contribution in [0.15, 0.2) is 77.6 Å². The summed E-state index contributed by atoms with van der Waals surface area (Å²) in [4.78, 5) is 36.4. The first-order valence-corrected chi connectivity index (χ1v) is 12.2. The normalized spacial score (nSPS) is 10.9. The number of rotatable bonds is 6. The number of hydrogen-bond acceptors (Lipinski definition) is 7. The van der Waals surface area contributed by atoms with Crippen LogP contribution in [0.2, 0.25) is 0 Å². The number of aromatic nitrogens is 2. The van der Waals surface area contributed by atoms with Crippen LogP contribution in [0.25, 0.3) is 21.5 Å². The number of benzene rings is 3. The number of para-hydroxylation sites is 1. The highest BCUT2D eigenvalue weighted by molar-refractivity contribution is 7.16. The molecule has 3 aromatic carbocycles. The van der Waals surface area contributed by atoms with Crippen molar-refractivity contribution >= 4 is 61.2 Å². The lowest BCUT2D eigenvalue weighted by Crippen LogP contribution is -2.38.